The van der Waals surface area contributed by atoms with Crippen LogP contribution < -0.4 is 0 Å². The van der Waals surface area contributed by atoms with Crippen LogP contribution in [0.2, 0.25) is 0 Å². The number of aromatic nitrogens is 3. The number of phenols is 1. The zero-order valence-electron chi connectivity index (χ0n) is 48.5. The fraction of sp³-hybridized carbons (Fsp3) is 0.323. The second-order valence-electron chi connectivity index (χ2n) is 23.0. The molecule has 2 heterocycles. The van der Waals surface area contributed by atoms with Gasteiger partial charge in [0, 0.05) is 28.4 Å². The lowest BCUT2D eigenvalue weighted by Crippen LogP contribution is -2.17. The zero-order chi connectivity index (χ0) is 53.8. The van der Waals surface area contributed by atoms with Crippen molar-refractivity contribution in [3.8, 4) is 67.5 Å². The summed E-state index contributed by atoms with van der Waals surface area (Å²) in [5, 5.41) is 12.6. The maximum Gasteiger partial charge on any atom is 0.149 e. The fourth-order valence-corrected chi connectivity index (χ4v) is 8.36. The number of fused-ring (bicyclic) bond motifs is 1. The third-order valence-electron chi connectivity index (χ3n) is 12.5. The highest BCUT2D eigenvalue weighted by atomic mass is 16.3. The van der Waals surface area contributed by atoms with Gasteiger partial charge < -0.3 is 5.11 Å². The van der Waals surface area contributed by atoms with Crippen LogP contribution in [0.1, 0.15) is 141 Å². The van der Waals surface area contributed by atoms with Crippen LogP contribution in [0.3, 0.4) is 0 Å². The molecule has 8 aromatic rings. The first kappa shape index (κ1) is 37.9. The van der Waals surface area contributed by atoms with Crippen molar-refractivity contribution in [1.29, 1.82) is 0 Å². The normalized spacial score (nSPS) is 14.3. The molecule has 6 aromatic carbocycles. The van der Waals surface area contributed by atoms with Crippen molar-refractivity contribution in [1.82, 2.24) is 14.5 Å². The summed E-state index contributed by atoms with van der Waals surface area (Å²) >= 11 is 0. The monoisotopic (exact) mass is 879 g/mol. The molecule has 4 nitrogen and oxygen atoms in total. The van der Waals surface area contributed by atoms with Crippen molar-refractivity contribution >= 4 is 11.0 Å². The van der Waals surface area contributed by atoms with Gasteiger partial charge in [-0.2, -0.15) is 0 Å². The van der Waals surface area contributed by atoms with Crippen LogP contribution in [0.15, 0.2) is 139 Å². The van der Waals surface area contributed by atoms with Gasteiger partial charge in [0.1, 0.15) is 11.6 Å². The number of imidazole rings is 1. The highest BCUT2D eigenvalue weighted by molar-refractivity contribution is 5.98. The molecule has 0 bridgehead atoms. The van der Waals surface area contributed by atoms with E-state index in [1.54, 1.807) is 0 Å². The highest BCUT2D eigenvalue weighted by Crippen LogP contribution is 2.46. The van der Waals surface area contributed by atoms with Crippen LogP contribution in [0, 0.1) is 0 Å². The van der Waals surface area contributed by atoms with E-state index < -0.39 is 28.5 Å². The minimum atomic E-state index is -0.716. The Bertz CT molecular complexity index is 3470. The van der Waals surface area contributed by atoms with E-state index in [2.05, 4.69) is 147 Å². The number of para-hydroxylation sites is 1. The first-order valence-electron chi connectivity index (χ1n) is 26.6. The van der Waals surface area contributed by atoms with Gasteiger partial charge in [-0.1, -0.05) is 189 Å². The lowest BCUT2D eigenvalue weighted by molar-refractivity contribution is 0.446. The predicted octanol–water partition coefficient (Wildman–Crippen LogP) is 16.9. The third-order valence-corrected chi connectivity index (χ3v) is 12.5. The second kappa shape index (κ2) is 16.6. The van der Waals surface area contributed by atoms with Gasteiger partial charge >= 0.3 is 0 Å². The van der Waals surface area contributed by atoms with Gasteiger partial charge in [0.05, 0.1) is 37.6 Å². The number of rotatable bonds is 6. The molecule has 8 rings (SSSR count). The molecule has 0 aliphatic carbocycles. The van der Waals surface area contributed by atoms with Crippen LogP contribution in [0.5, 0.6) is 5.75 Å². The molecular weight excluding hydrogens is 803 g/mol. The highest BCUT2D eigenvalue weighted by Gasteiger charge is 2.30. The van der Waals surface area contributed by atoms with E-state index in [0.717, 1.165) is 50.1 Å². The van der Waals surface area contributed by atoms with Crippen molar-refractivity contribution in [2.75, 3.05) is 0 Å². The summed E-state index contributed by atoms with van der Waals surface area (Å²) in [6.07, 6.45) is -0.454. The van der Waals surface area contributed by atoms with Crippen LogP contribution in [0.4, 0.5) is 0 Å². The number of benzene rings is 6. The summed E-state index contributed by atoms with van der Waals surface area (Å²) in [5.74, 6) is 0.721. The molecule has 0 fully saturated rings. The maximum absolute atomic E-state index is 12.6. The lowest BCUT2D eigenvalue weighted by Gasteiger charge is -2.28. The minimum absolute atomic E-state index is 0.0728. The molecule has 0 unspecified atom stereocenters. The number of aromatic hydroxyl groups is 1. The molecule has 2 aromatic heterocycles. The Hall–Kier alpha value is -6.26. The van der Waals surface area contributed by atoms with Gasteiger partial charge in [0.25, 0.3) is 0 Å². The average molecular weight is 879 g/mol. The molecule has 0 radical (unpaired) electrons. The molecule has 0 saturated carbocycles. The van der Waals surface area contributed by atoms with Gasteiger partial charge in [-0.05, 0) is 120 Å². The van der Waals surface area contributed by atoms with Gasteiger partial charge in [-0.3, -0.25) is 9.55 Å². The first-order chi connectivity index (χ1) is 33.7. The fourth-order valence-electron chi connectivity index (χ4n) is 8.36. The molecule has 66 heavy (non-hydrogen) atoms. The quantitative estimate of drug-likeness (QED) is 0.181. The van der Waals surface area contributed by atoms with Crippen LogP contribution in [0.25, 0.3) is 72.7 Å². The van der Waals surface area contributed by atoms with Crippen LogP contribution >= 0.6 is 0 Å². The third kappa shape index (κ3) is 9.12. The van der Waals surface area contributed by atoms with E-state index in [9.17, 15) is 6.48 Å². The zero-order valence-corrected chi connectivity index (χ0v) is 41.5. The number of pyridine rings is 1. The lowest BCUT2D eigenvalue weighted by atomic mass is 9.79. The summed E-state index contributed by atoms with van der Waals surface area (Å²) in [6.45, 7) is 31.2. The molecule has 0 atom stereocenters. The Morgan fingerprint density at radius 3 is 1.70 bits per heavy atom. The predicted molar refractivity (Wildman–Crippen MR) is 281 cm³/mol. The average Bonchev–Trinajstić information content (AvgIpc) is 3.68. The summed E-state index contributed by atoms with van der Waals surface area (Å²) in [7, 11) is 0. The summed E-state index contributed by atoms with van der Waals surface area (Å²) in [5.41, 5.74) is 8.85. The first-order valence-corrected chi connectivity index (χ1v) is 23.1. The molecule has 4 heteroatoms. The summed E-state index contributed by atoms with van der Waals surface area (Å²) < 4.78 is 66.2. The standard InChI is InChI=1S/C62H69N3O/c1-58(2,3)44-26-24-39(25-27-44)41-30-31-63-52(35-41)43-32-42(33-46(34-43)60(7,8)9)48-22-19-23-54-55(48)64-57(50-37-47(61(10,11)12)38-51(56(50)66)62(13,14)15)65(54)53-29-28-45(59(4,5)6)36-49(53)40-20-17-16-18-21-40/h16-38,66H,1-15H3/i24D,25D,26D,27D,30D,31D,35D. The SMILES string of the molecule is [2H]c1nc(-c2cc(-c3cccc4c3nc(-c3cc(C(C)(C)C)cc(C(C)(C)C)c3O)n4-c3ccc(C(C)(C)C)cc3-c3ccccc3)cc(C(C)(C)C)c2)c([2H])c(-c2c([2H])c([2H])c(C(C)(C)C)c([2H])c2[2H])c1[2H]. The second-order valence-corrected chi connectivity index (χ2v) is 23.0. The Balaban J connectivity index is 1.48. The van der Waals surface area contributed by atoms with Crippen LogP contribution in [-0.2, 0) is 27.1 Å². The molecular formula is C62H69N3O. The molecule has 338 valence electrons. The van der Waals surface area contributed by atoms with Crippen molar-refractivity contribution in [2.45, 2.75) is 131 Å². The van der Waals surface area contributed by atoms with Crippen LogP contribution in [-0.4, -0.2) is 19.6 Å². The number of phenolic OH excluding ortho intramolecular Hbond substituents is 1. The molecule has 0 aliphatic heterocycles. The van der Waals surface area contributed by atoms with E-state index in [-0.39, 0.29) is 69.2 Å². The number of hydrogen-bond acceptors (Lipinski definition) is 3. The largest absolute Gasteiger partial charge is 0.507 e. The number of hydrogen-bond donors (Lipinski definition) is 1. The van der Waals surface area contributed by atoms with Crippen molar-refractivity contribution in [3.05, 3.63) is 167 Å². The smallest absolute Gasteiger partial charge is 0.149 e. The Morgan fingerprint density at radius 2 is 1.08 bits per heavy atom. The van der Waals surface area contributed by atoms with E-state index in [0.29, 0.717) is 22.5 Å². The Labute approximate surface area is 404 Å². The topological polar surface area (TPSA) is 50.9 Å². The minimum Gasteiger partial charge on any atom is -0.507 e. The Morgan fingerprint density at radius 1 is 0.470 bits per heavy atom. The van der Waals surface area contributed by atoms with E-state index in [4.69, 9.17) is 13.2 Å². The van der Waals surface area contributed by atoms with Gasteiger partial charge in [0.15, 0.2) is 0 Å². The summed E-state index contributed by atoms with van der Waals surface area (Å²) in [6, 6.07) is 31.2. The number of nitrogens with zero attached hydrogens (tertiary/aromatic N) is 3. The van der Waals surface area contributed by atoms with Crippen molar-refractivity contribution < 1.29 is 14.7 Å². The molecule has 0 aliphatic rings. The van der Waals surface area contributed by atoms with Crippen molar-refractivity contribution in [2.24, 2.45) is 0 Å². The van der Waals surface area contributed by atoms with E-state index >= 15 is 0 Å². The molecule has 0 amide bonds. The van der Waals surface area contributed by atoms with Crippen molar-refractivity contribution in [3.63, 3.8) is 0 Å². The van der Waals surface area contributed by atoms with Gasteiger partial charge in [-0.25, -0.2) is 4.98 Å². The van der Waals surface area contributed by atoms with Gasteiger partial charge in [-0.15, -0.1) is 0 Å². The Kier molecular flexibility index (Phi) is 9.51. The maximum atomic E-state index is 12.6. The molecule has 0 saturated heterocycles. The summed E-state index contributed by atoms with van der Waals surface area (Å²) in [4.78, 5) is 10.2. The van der Waals surface area contributed by atoms with E-state index in [1.165, 1.54) is 5.56 Å². The van der Waals surface area contributed by atoms with E-state index in [1.807, 2.05) is 63.2 Å². The molecule has 1 N–H and O–H groups in total. The molecule has 0 spiro atoms. The van der Waals surface area contributed by atoms with Gasteiger partial charge in [0.2, 0.25) is 0 Å².